The molecule has 0 unspecified atom stereocenters. The van der Waals surface area contributed by atoms with Crippen LogP contribution in [0.5, 0.6) is 11.5 Å². The molecule has 1 N–H and O–H groups in total. The van der Waals surface area contributed by atoms with Crippen molar-refractivity contribution in [3.63, 3.8) is 0 Å². The zero-order valence-electron chi connectivity index (χ0n) is 10.2. The lowest BCUT2D eigenvalue weighted by molar-refractivity contribution is 0.475. The van der Waals surface area contributed by atoms with Gasteiger partial charge in [-0.2, -0.15) is 5.10 Å². The van der Waals surface area contributed by atoms with Gasteiger partial charge in [0.05, 0.1) is 10.6 Å². The number of benzene rings is 1. The Hall–Kier alpha value is -1.66. The van der Waals surface area contributed by atoms with E-state index in [2.05, 4.69) is 18.0 Å². The summed E-state index contributed by atoms with van der Waals surface area (Å²) in [5, 5.41) is 13.6. The quantitative estimate of drug-likeness (QED) is 0.660. The number of aromatic nitrogens is 2. The number of hydrogen-bond donors (Lipinski definition) is 2. The van der Waals surface area contributed by atoms with Crippen LogP contribution >= 0.6 is 24.5 Å². The van der Waals surface area contributed by atoms with Gasteiger partial charge in [0.25, 0.3) is 5.56 Å². The minimum atomic E-state index is -0.359. The number of aromatic hydroxyl groups is 1. The van der Waals surface area contributed by atoms with E-state index in [1.165, 1.54) is 23.9 Å². The van der Waals surface area contributed by atoms with E-state index < -0.39 is 0 Å². The number of thiol groups is 1. The molecule has 1 heterocycles. The van der Waals surface area contributed by atoms with Crippen LogP contribution in [0, 0.1) is 6.92 Å². The van der Waals surface area contributed by atoms with Gasteiger partial charge in [0.15, 0.2) is 5.75 Å². The summed E-state index contributed by atoms with van der Waals surface area (Å²) in [6.07, 6.45) is 0. The summed E-state index contributed by atoms with van der Waals surface area (Å²) in [4.78, 5) is 12.2. The van der Waals surface area contributed by atoms with Crippen molar-refractivity contribution in [3.05, 3.63) is 39.3 Å². The molecule has 0 amide bonds. The maximum absolute atomic E-state index is 12.2. The third-order valence-electron chi connectivity index (χ3n) is 2.68. The van der Waals surface area contributed by atoms with Crippen LogP contribution in [0.2, 0.25) is 5.02 Å². The molecule has 7 heteroatoms. The molecule has 0 spiro atoms. The molecule has 2 rings (SSSR count). The Morgan fingerprint density at radius 2 is 2.16 bits per heavy atom. The van der Waals surface area contributed by atoms with Crippen molar-refractivity contribution in [2.24, 2.45) is 7.05 Å². The number of phenolic OH excluding ortho intramolecular Hbond substituents is 1. The molecule has 1 aromatic heterocycles. The fraction of sp³-hybridized carbons (Fsp3) is 0.167. The van der Waals surface area contributed by atoms with Gasteiger partial charge in [-0.3, -0.25) is 4.79 Å². The van der Waals surface area contributed by atoms with Gasteiger partial charge in [-0.1, -0.05) is 11.6 Å². The maximum atomic E-state index is 12.2. The fourth-order valence-corrected chi connectivity index (χ4v) is 2.30. The van der Waals surface area contributed by atoms with Gasteiger partial charge < -0.3 is 9.29 Å². The van der Waals surface area contributed by atoms with Crippen LogP contribution in [0.25, 0.3) is 11.1 Å². The second kappa shape index (κ2) is 5.14. The first-order chi connectivity index (χ1) is 8.95. The van der Waals surface area contributed by atoms with Crippen LogP contribution in [0.1, 0.15) is 5.69 Å². The SMILES string of the molecule is Cc1nn(C)c(=O)c(-c2ccc(O)cc2Cl)c1OS. The maximum Gasteiger partial charge on any atom is 0.278 e. The van der Waals surface area contributed by atoms with Gasteiger partial charge in [-0.25, -0.2) is 4.68 Å². The lowest BCUT2D eigenvalue weighted by Gasteiger charge is -2.12. The first kappa shape index (κ1) is 13.8. The van der Waals surface area contributed by atoms with Crippen molar-refractivity contribution in [1.29, 1.82) is 0 Å². The summed E-state index contributed by atoms with van der Waals surface area (Å²) >= 11 is 9.82. The Balaban J connectivity index is 2.84. The summed E-state index contributed by atoms with van der Waals surface area (Å²) in [6, 6.07) is 4.34. The Labute approximate surface area is 120 Å². The van der Waals surface area contributed by atoms with Crippen molar-refractivity contribution in [2.75, 3.05) is 0 Å². The van der Waals surface area contributed by atoms with Gasteiger partial charge in [-0.15, -0.1) is 0 Å². The van der Waals surface area contributed by atoms with Crippen molar-refractivity contribution < 1.29 is 9.29 Å². The predicted molar refractivity (Wildman–Crippen MR) is 75.9 cm³/mol. The number of hydrogen-bond acceptors (Lipinski definition) is 5. The van der Waals surface area contributed by atoms with Crippen LogP contribution in [-0.4, -0.2) is 14.9 Å². The highest BCUT2D eigenvalue weighted by molar-refractivity contribution is 7.75. The van der Waals surface area contributed by atoms with Gasteiger partial charge in [0, 0.05) is 25.5 Å². The summed E-state index contributed by atoms with van der Waals surface area (Å²) in [5.74, 6) is 0.267. The van der Waals surface area contributed by atoms with E-state index in [0.29, 0.717) is 11.3 Å². The second-order valence-corrected chi connectivity index (χ2v) is 4.56. The zero-order chi connectivity index (χ0) is 14.2. The van der Waals surface area contributed by atoms with E-state index in [1.54, 1.807) is 13.0 Å². The number of halogens is 1. The van der Waals surface area contributed by atoms with E-state index in [0.717, 1.165) is 0 Å². The summed E-state index contributed by atoms with van der Waals surface area (Å²) in [5.41, 5.74) is 0.864. The summed E-state index contributed by atoms with van der Waals surface area (Å²) < 4.78 is 6.15. The normalized spacial score (nSPS) is 10.5. The first-order valence-corrected chi connectivity index (χ1v) is 6.08. The summed E-state index contributed by atoms with van der Waals surface area (Å²) in [7, 11) is 1.54. The average molecular weight is 299 g/mol. The Morgan fingerprint density at radius 3 is 2.74 bits per heavy atom. The molecular weight excluding hydrogens is 288 g/mol. The molecule has 0 aliphatic carbocycles. The summed E-state index contributed by atoms with van der Waals surface area (Å²) in [6.45, 7) is 1.70. The zero-order valence-corrected chi connectivity index (χ0v) is 11.9. The molecule has 0 atom stereocenters. The van der Waals surface area contributed by atoms with Crippen LogP contribution < -0.4 is 9.74 Å². The molecular formula is C12H11ClN2O3S. The molecule has 0 fully saturated rings. The molecule has 19 heavy (non-hydrogen) atoms. The van der Waals surface area contributed by atoms with Crippen molar-refractivity contribution in [2.45, 2.75) is 6.92 Å². The van der Waals surface area contributed by atoms with Crippen molar-refractivity contribution >= 4 is 24.5 Å². The van der Waals surface area contributed by atoms with Crippen LogP contribution in [0.3, 0.4) is 0 Å². The smallest absolute Gasteiger partial charge is 0.278 e. The van der Waals surface area contributed by atoms with Crippen LogP contribution in [0.15, 0.2) is 23.0 Å². The first-order valence-electron chi connectivity index (χ1n) is 5.34. The minimum absolute atomic E-state index is 0.0182. The number of aryl methyl sites for hydroxylation is 2. The van der Waals surface area contributed by atoms with Crippen molar-refractivity contribution in [3.8, 4) is 22.6 Å². The molecule has 5 nitrogen and oxygen atoms in total. The molecule has 0 radical (unpaired) electrons. The van der Waals surface area contributed by atoms with E-state index >= 15 is 0 Å². The molecule has 0 saturated carbocycles. The third kappa shape index (κ3) is 2.41. The Kier molecular flexibility index (Phi) is 3.73. The number of rotatable bonds is 2. The lowest BCUT2D eigenvalue weighted by Crippen LogP contribution is -2.23. The second-order valence-electron chi connectivity index (χ2n) is 3.97. The van der Waals surface area contributed by atoms with E-state index in [9.17, 15) is 9.90 Å². The van der Waals surface area contributed by atoms with Gasteiger partial charge in [-0.05, 0) is 25.1 Å². The van der Waals surface area contributed by atoms with Crippen molar-refractivity contribution in [1.82, 2.24) is 9.78 Å². The van der Waals surface area contributed by atoms with E-state index in [4.69, 9.17) is 15.8 Å². The minimum Gasteiger partial charge on any atom is -0.508 e. The molecule has 0 bridgehead atoms. The number of phenols is 1. The largest absolute Gasteiger partial charge is 0.508 e. The Morgan fingerprint density at radius 1 is 1.47 bits per heavy atom. The average Bonchev–Trinajstić information content (AvgIpc) is 2.34. The number of nitrogens with zero attached hydrogens (tertiary/aromatic N) is 2. The van der Waals surface area contributed by atoms with Gasteiger partial charge in [0.1, 0.15) is 11.4 Å². The highest BCUT2D eigenvalue weighted by Gasteiger charge is 2.19. The highest BCUT2D eigenvalue weighted by atomic mass is 35.5. The Bertz CT molecular complexity index is 700. The molecule has 100 valence electrons. The van der Waals surface area contributed by atoms with Gasteiger partial charge in [0.2, 0.25) is 0 Å². The highest BCUT2D eigenvalue weighted by Crippen LogP contribution is 2.35. The molecule has 0 aliphatic rings. The third-order valence-corrected chi connectivity index (χ3v) is 3.17. The monoisotopic (exact) mass is 298 g/mol. The topological polar surface area (TPSA) is 64.4 Å². The van der Waals surface area contributed by atoms with Gasteiger partial charge >= 0.3 is 0 Å². The standard InChI is InChI=1S/C12H11ClN2O3S/c1-6-11(18-19)10(12(17)15(2)14-6)8-4-3-7(16)5-9(8)13/h3-5,16,19H,1-2H3. The predicted octanol–water partition coefficient (Wildman–Crippen LogP) is 2.34. The molecule has 0 aliphatic heterocycles. The van der Waals surface area contributed by atoms with E-state index in [1.807, 2.05) is 0 Å². The van der Waals surface area contributed by atoms with Crippen LogP contribution in [-0.2, 0) is 7.05 Å². The molecule has 2 aromatic rings. The fourth-order valence-electron chi connectivity index (χ4n) is 1.81. The lowest BCUT2D eigenvalue weighted by atomic mass is 10.1. The molecule has 1 aromatic carbocycles. The van der Waals surface area contributed by atoms with E-state index in [-0.39, 0.29) is 27.6 Å². The van der Waals surface area contributed by atoms with Crippen LogP contribution in [0.4, 0.5) is 0 Å². The molecule has 0 saturated heterocycles.